The molecule has 0 aliphatic carbocycles. The van der Waals surface area contributed by atoms with Gasteiger partial charge in [-0.2, -0.15) is 0 Å². The highest BCUT2D eigenvalue weighted by Crippen LogP contribution is 2.33. The molecule has 2 aliphatic heterocycles. The van der Waals surface area contributed by atoms with Crippen LogP contribution in [-0.4, -0.2) is 25.5 Å². The smallest absolute Gasteiger partial charge is 0.137 e. The summed E-state index contributed by atoms with van der Waals surface area (Å²) in [5, 5.41) is 3.41. The molecular weight excluding hydrogens is 330 g/mol. The van der Waals surface area contributed by atoms with Gasteiger partial charge < -0.3 is 10.1 Å². The number of hydrogen-bond acceptors (Lipinski definition) is 3. The van der Waals surface area contributed by atoms with Crippen molar-refractivity contribution in [3.63, 3.8) is 0 Å². The van der Waals surface area contributed by atoms with Crippen LogP contribution in [0, 0.1) is 5.92 Å². The average molecular weight is 352 g/mol. The molecule has 4 heteroatoms. The van der Waals surface area contributed by atoms with Gasteiger partial charge in [0.2, 0.25) is 0 Å². The minimum Gasteiger partial charge on any atom is -0.493 e. The van der Waals surface area contributed by atoms with E-state index in [9.17, 15) is 4.79 Å². The summed E-state index contributed by atoms with van der Waals surface area (Å²) in [5.74, 6) is 1.95. The highest BCUT2D eigenvalue weighted by atomic mass is 79.9. The number of piperidine rings is 1. The first-order valence-corrected chi connectivity index (χ1v) is 8.68. The van der Waals surface area contributed by atoms with Crippen LogP contribution >= 0.6 is 15.9 Å². The van der Waals surface area contributed by atoms with E-state index in [0.29, 0.717) is 24.5 Å². The first kappa shape index (κ1) is 15.0. The van der Waals surface area contributed by atoms with Crippen LogP contribution in [0.15, 0.2) is 16.6 Å². The average Bonchev–Trinajstić information content (AvgIpc) is 2.94. The van der Waals surface area contributed by atoms with E-state index < -0.39 is 0 Å². The van der Waals surface area contributed by atoms with Crippen molar-refractivity contribution in [1.82, 2.24) is 5.32 Å². The van der Waals surface area contributed by atoms with Crippen molar-refractivity contribution >= 4 is 21.7 Å². The number of carbonyl (C=O) groups is 1. The predicted octanol–water partition coefficient (Wildman–Crippen LogP) is 3.28. The number of benzene rings is 1. The largest absolute Gasteiger partial charge is 0.493 e. The number of carbonyl (C=O) groups excluding carboxylic acids is 1. The summed E-state index contributed by atoms with van der Waals surface area (Å²) in [4.78, 5) is 12.3. The molecule has 1 aromatic carbocycles. The summed E-state index contributed by atoms with van der Waals surface area (Å²) < 4.78 is 6.74. The summed E-state index contributed by atoms with van der Waals surface area (Å²) in [6.45, 7) is 2.94. The lowest BCUT2D eigenvalue weighted by atomic mass is 9.92. The van der Waals surface area contributed by atoms with E-state index in [-0.39, 0.29) is 0 Å². The third kappa shape index (κ3) is 3.86. The Hall–Kier alpha value is -0.870. The fourth-order valence-corrected chi connectivity index (χ4v) is 3.87. The van der Waals surface area contributed by atoms with Gasteiger partial charge in [0.15, 0.2) is 0 Å². The molecule has 0 bridgehead atoms. The topological polar surface area (TPSA) is 38.3 Å². The summed E-state index contributed by atoms with van der Waals surface area (Å²) in [7, 11) is 0. The van der Waals surface area contributed by atoms with E-state index in [0.717, 1.165) is 48.3 Å². The van der Waals surface area contributed by atoms with Gasteiger partial charge in [-0.05, 0) is 56.0 Å². The van der Waals surface area contributed by atoms with Gasteiger partial charge in [0.1, 0.15) is 11.5 Å². The molecule has 1 aromatic rings. The Kier molecular flexibility index (Phi) is 4.96. The molecule has 0 radical (unpaired) electrons. The fraction of sp³-hybridized carbons (Fsp3) is 0.588. The Labute approximate surface area is 134 Å². The normalized spacial score (nSPS) is 20.9. The minimum atomic E-state index is 0.330. The SMILES string of the molecule is O=C(CCC1CCCNC1)Cc1cc(Br)cc2c1OCC2. The molecule has 2 aliphatic rings. The molecule has 0 spiro atoms. The standard InChI is InChI=1S/C17H22BrNO2/c18-15-8-13-5-7-21-17(13)14(9-15)10-16(20)4-3-12-2-1-6-19-11-12/h8-9,12,19H,1-7,10-11H2. The van der Waals surface area contributed by atoms with Gasteiger partial charge in [0.25, 0.3) is 0 Å². The van der Waals surface area contributed by atoms with Crippen LogP contribution in [0.4, 0.5) is 0 Å². The number of ketones is 1. The van der Waals surface area contributed by atoms with Crippen molar-refractivity contribution in [1.29, 1.82) is 0 Å². The third-order valence-corrected chi connectivity index (χ3v) is 4.90. The number of fused-ring (bicyclic) bond motifs is 1. The van der Waals surface area contributed by atoms with Gasteiger partial charge in [-0.3, -0.25) is 4.79 Å². The Morgan fingerprint density at radius 1 is 1.43 bits per heavy atom. The zero-order valence-electron chi connectivity index (χ0n) is 12.3. The van der Waals surface area contributed by atoms with Gasteiger partial charge in [-0.1, -0.05) is 15.9 Å². The van der Waals surface area contributed by atoms with Crippen LogP contribution < -0.4 is 10.1 Å². The van der Waals surface area contributed by atoms with Crippen molar-refractivity contribution in [3.8, 4) is 5.75 Å². The molecule has 1 unspecified atom stereocenters. The molecule has 114 valence electrons. The van der Waals surface area contributed by atoms with E-state index in [1.165, 1.54) is 18.4 Å². The van der Waals surface area contributed by atoms with Gasteiger partial charge in [-0.15, -0.1) is 0 Å². The summed E-state index contributed by atoms with van der Waals surface area (Å²) in [6, 6.07) is 4.13. The molecule has 1 N–H and O–H groups in total. The van der Waals surface area contributed by atoms with Crippen molar-refractivity contribution < 1.29 is 9.53 Å². The number of rotatable bonds is 5. The third-order valence-electron chi connectivity index (χ3n) is 4.44. The molecule has 1 fully saturated rings. The first-order valence-electron chi connectivity index (χ1n) is 7.89. The Balaban J connectivity index is 1.57. The molecule has 0 amide bonds. The lowest BCUT2D eigenvalue weighted by molar-refractivity contribution is -0.118. The van der Waals surface area contributed by atoms with Crippen LogP contribution in [-0.2, 0) is 17.6 Å². The molecule has 21 heavy (non-hydrogen) atoms. The molecule has 1 atom stereocenters. The van der Waals surface area contributed by atoms with E-state index in [1.807, 2.05) is 6.07 Å². The van der Waals surface area contributed by atoms with Crippen LogP contribution in [0.25, 0.3) is 0 Å². The zero-order chi connectivity index (χ0) is 14.7. The van der Waals surface area contributed by atoms with Crippen LogP contribution in [0.3, 0.4) is 0 Å². The highest BCUT2D eigenvalue weighted by molar-refractivity contribution is 9.10. The van der Waals surface area contributed by atoms with E-state index in [4.69, 9.17) is 4.74 Å². The number of Topliss-reactive ketones (excluding diaryl/α,β-unsaturated/α-hetero) is 1. The van der Waals surface area contributed by atoms with Crippen molar-refractivity contribution in [3.05, 3.63) is 27.7 Å². The Morgan fingerprint density at radius 2 is 2.33 bits per heavy atom. The molecule has 3 rings (SSSR count). The molecular formula is C17H22BrNO2. The van der Waals surface area contributed by atoms with E-state index >= 15 is 0 Å². The maximum absolute atomic E-state index is 12.3. The van der Waals surface area contributed by atoms with Crippen molar-refractivity contribution in [2.75, 3.05) is 19.7 Å². The van der Waals surface area contributed by atoms with E-state index in [1.54, 1.807) is 0 Å². The summed E-state index contributed by atoms with van der Waals surface area (Å²) in [5.41, 5.74) is 2.27. The number of halogens is 1. The van der Waals surface area contributed by atoms with Gasteiger partial charge in [0.05, 0.1) is 6.61 Å². The second-order valence-electron chi connectivity index (χ2n) is 6.12. The van der Waals surface area contributed by atoms with E-state index in [2.05, 4.69) is 27.3 Å². The second-order valence-corrected chi connectivity index (χ2v) is 7.03. The Morgan fingerprint density at radius 3 is 3.14 bits per heavy atom. The van der Waals surface area contributed by atoms with Crippen molar-refractivity contribution in [2.45, 2.75) is 38.5 Å². The highest BCUT2D eigenvalue weighted by Gasteiger charge is 2.20. The maximum atomic E-state index is 12.3. The van der Waals surface area contributed by atoms with Crippen LogP contribution in [0.5, 0.6) is 5.75 Å². The zero-order valence-corrected chi connectivity index (χ0v) is 13.9. The lowest BCUT2D eigenvalue weighted by Gasteiger charge is -2.22. The molecule has 0 saturated carbocycles. The minimum absolute atomic E-state index is 0.330. The quantitative estimate of drug-likeness (QED) is 0.884. The molecule has 1 saturated heterocycles. The van der Waals surface area contributed by atoms with Crippen molar-refractivity contribution in [2.24, 2.45) is 5.92 Å². The summed E-state index contributed by atoms with van der Waals surface area (Å²) >= 11 is 3.53. The maximum Gasteiger partial charge on any atom is 0.137 e. The predicted molar refractivity (Wildman–Crippen MR) is 86.9 cm³/mol. The van der Waals surface area contributed by atoms with Crippen LogP contribution in [0.1, 0.15) is 36.8 Å². The summed E-state index contributed by atoms with van der Waals surface area (Å²) in [6.07, 6.45) is 5.66. The van der Waals surface area contributed by atoms with Gasteiger partial charge in [0, 0.05) is 29.3 Å². The number of hydrogen-bond donors (Lipinski definition) is 1. The fourth-order valence-electron chi connectivity index (χ4n) is 3.31. The first-order chi connectivity index (χ1) is 10.2. The number of ether oxygens (including phenoxy) is 1. The van der Waals surface area contributed by atoms with Crippen LogP contribution in [0.2, 0.25) is 0 Å². The molecule has 2 heterocycles. The monoisotopic (exact) mass is 351 g/mol. The second kappa shape index (κ2) is 6.93. The van der Waals surface area contributed by atoms with Gasteiger partial charge >= 0.3 is 0 Å². The molecule has 0 aromatic heterocycles. The lowest BCUT2D eigenvalue weighted by Crippen LogP contribution is -2.30. The number of nitrogens with one attached hydrogen (secondary N) is 1. The van der Waals surface area contributed by atoms with Gasteiger partial charge in [-0.25, -0.2) is 0 Å². The molecule has 3 nitrogen and oxygen atoms in total. The Bertz CT molecular complexity index is 524.